The first kappa shape index (κ1) is 19.2. The molecule has 1 saturated heterocycles. The summed E-state index contributed by atoms with van der Waals surface area (Å²) in [7, 11) is 7.42. The van der Waals surface area contributed by atoms with Crippen molar-refractivity contribution in [2.24, 2.45) is 0 Å². The topological polar surface area (TPSA) is 68.8 Å². The van der Waals surface area contributed by atoms with Gasteiger partial charge in [0.05, 0.1) is 11.6 Å². The molecule has 25 heavy (non-hydrogen) atoms. The standard InChI is InChI=1S/C18H29N5O2/c1-21(2)16-9-8-14(13-20-16)17(24)19-10-6-12-23-11-5-7-15(23)18(25)22(3)4/h8-9,13,15H,5-7,10-12H2,1-4H3,(H,19,24)/t15-/m0/s1. The lowest BCUT2D eigenvalue weighted by molar-refractivity contribution is -0.133. The number of likely N-dealkylation sites (N-methyl/N-ethyl adjacent to an activating group) is 1. The number of pyridine rings is 1. The van der Waals surface area contributed by atoms with Gasteiger partial charge < -0.3 is 15.1 Å². The van der Waals surface area contributed by atoms with Gasteiger partial charge in [-0.3, -0.25) is 14.5 Å². The van der Waals surface area contributed by atoms with E-state index in [1.165, 1.54) is 0 Å². The second-order valence-electron chi connectivity index (χ2n) is 6.84. The molecule has 1 aliphatic heterocycles. The summed E-state index contributed by atoms with van der Waals surface area (Å²) in [5, 5.41) is 2.92. The Kier molecular flexibility index (Phi) is 6.75. The maximum atomic E-state index is 12.2. The molecule has 1 aromatic rings. The first-order valence-corrected chi connectivity index (χ1v) is 8.77. The number of aromatic nitrogens is 1. The van der Waals surface area contributed by atoms with Gasteiger partial charge in [0, 0.05) is 47.5 Å². The van der Waals surface area contributed by atoms with Crippen molar-refractivity contribution in [2.45, 2.75) is 25.3 Å². The number of carbonyl (C=O) groups excluding carboxylic acids is 2. The summed E-state index contributed by atoms with van der Waals surface area (Å²) in [6, 6.07) is 3.61. The van der Waals surface area contributed by atoms with Crippen LogP contribution >= 0.6 is 0 Å². The summed E-state index contributed by atoms with van der Waals surface area (Å²) < 4.78 is 0. The van der Waals surface area contributed by atoms with Gasteiger partial charge in [0.1, 0.15) is 5.82 Å². The van der Waals surface area contributed by atoms with Crippen LogP contribution in [0.4, 0.5) is 5.82 Å². The van der Waals surface area contributed by atoms with Gasteiger partial charge in [-0.25, -0.2) is 4.98 Å². The minimum atomic E-state index is -0.111. The van der Waals surface area contributed by atoms with Gasteiger partial charge in [0.25, 0.3) is 5.91 Å². The molecule has 0 unspecified atom stereocenters. The van der Waals surface area contributed by atoms with E-state index >= 15 is 0 Å². The molecule has 1 aromatic heterocycles. The number of amides is 2. The Morgan fingerprint density at radius 3 is 2.64 bits per heavy atom. The molecule has 0 saturated carbocycles. The molecule has 1 atom stereocenters. The normalized spacial score (nSPS) is 17.4. The van der Waals surface area contributed by atoms with Gasteiger partial charge in [-0.15, -0.1) is 0 Å². The third kappa shape index (κ3) is 5.16. The SMILES string of the molecule is CN(C)C(=O)[C@@H]1CCCN1CCCNC(=O)c1ccc(N(C)C)nc1. The van der Waals surface area contributed by atoms with Crippen molar-refractivity contribution >= 4 is 17.6 Å². The molecule has 0 radical (unpaired) electrons. The predicted molar refractivity (Wildman–Crippen MR) is 98.8 cm³/mol. The summed E-state index contributed by atoms with van der Waals surface area (Å²) in [6.45, 7) is 2.37. The van der Waals surface area contributed by atoms with Gasteiger partial charge in [-0.2, -0.15) is 0 Å². The second kappa shape index (κ2) is 8.80. The van der Waals surface area contributed by atoms with Crippen LogP contribution in [-0.4, -0.2) is 80.5 Å². The van der Waals surface area contributed by atoms with Crippen LogP contribution in [0.25, 0.3) is 0 Å². The van der Waals surface area contributed by atoms with Gasteiger partial charge >= 0.3 is 0 Å². The highest BCUT2D eigenvalue weighted by Crippen LogP contribution is 2.18. The Hall–Kier alpha value is -2.15. The largest absolute Gasteiger partial charge is 0.363 e. The van der Waals surface area contributed by atoms with Crippen molar-refractivity contribution in [3.8, 4) is 0 Å². The maximum absolute atomic E-state index is 12.2. The van der Waals surface area contributed by atoms with E-state index in [0.717, 1.165) is 38.2 Å². The molecule has 138 valence electrons. The number of rotatable bonds is 7. The number of hydrogen-bond acceptors (Lipinski definition) is 5. The lowest BCUT2D eigenvalue weighted by Gasteiger charge is -2.26. The van der Waals surface area contributed by atoms with Crippen molar-refractivity contribution in [3.63, 3.8) is 0 Å². The number of carbonyl (C=O) groups is 2. The van der Waals surface area contributed by atoms with Crippen molar-refractivity contribution in [3.05, 3.63) is 23.9 Å². The molecule has 0 aromatic carbocycles. The van der Waals surface area contributed by atoms with Crippen LogP contribution in [-0.2, 0) is 4.79 Å². The molecule has 0 aliphatic carbocycles. The fourth-order valence-electron chi connectivity index (χ4n) is 3.04. The number of hydrogen-bond donors (Lipinski definition) is 1. The third-order valence-electron chi connectivity index (χ3n) is 4.47. The van der Waals surface area contributed by atoms with Gasteiger partial charge in [0.2, 0.25) is 5.91 Å². The molecule has 0 spiro atoms. The molecule has 2 amide bonds. The summed E-state index contributed by atoms with van der Waals surface area (Å²) in [5.74, 6) is 0.885. The number of nitrogens with zero attached hydrogens (tertiary/aromatic N) is 4. The van der Waals surface area contributed by atoms with Crippen LogP contribution in [0.3, 0.4) is 0 Å². The number of anilines is 1. The zero-order valence-corrected chi connectivity index (χ0v) is 15.7. The number of nitrogens with one attached hydrogen (secondary N) is 1. The first-order valence-electron chi connectivity index (χ1n) is 8.77. The quantitative estimate of drug-likeness (QED) is 0.740. The minimum Gasteiger partial charge on any atom is -0.363 e. The smallest absolute Gasteiger partial charge is 0.252 e. The number of likely N-dealkylation sites (tertiary alicyclic amines) is 1. The second-order valence-corrected chi connectivity index (χ2v) is 6.84. The average molecular weight is 347 g/mol. The fraction of sp³-hybridized carbons (Fsp3) is 0.611. The van der Waals surface area contributed by atoms with Crippen molar-refractivity contribution in [1.82, 2.24) is 20.1 Å². The molecular formula is C18H29N5O2. The van der Waals surface area contributed by atoms with Crippen molar-refractivity contribution < 1.29 is 9.59 Å². The molecule has 0 bridgehead atoms. The monoisotopic (exact) mass is 347 g/mol. The molecular weight excluding hydrogens is 318 g/mol. The van der Waals surface area contributed by atoms with Crippen LogP contribution in [0.15, 0.2) is 18.3 Å². The van der Waals surface area contributed by atoms with E-state index in [1.807, 2.05) is 25.1 Å². The van der Waals surface area contributed by atoms with Gasteiger partial charge in [0.15, 0.2) is 0 Å². The average Bonchev–Trinajstić information content (AvgIpc) is 3.06. The Morgan fingerprint density at radius 2 is 2.04 bits per heavy atom. The molecule has 2 heterocycles. The summed E-state index contributed by atoms with van der Waals surface area (Å²) >= 11 is 0. The molecule has 2 rings (SSSR count). The van der Waals surface area contributed by atoms with E-state index in [9.17, 15) is 9.59 Å². The van der Waals surface area contributed by atoms with E-state index in [-0.39, 0.29) is 17.9 Å². The lowest BCUT2D eigenvalue weighted by atomic mass is 10.2. The van der Waals surface area contributed by atoms with Crippen molar-refractivity contribution in [2.75, 3.05) is 52.7 Å². The van der Waals surface area contributed by atoms with E-state index in [2.05, 4.69) is 15.2 Å². The van der Waals surface area contributed by atoms with Crippen LogP contribution < -0.4 is 10.2 Å². The maximum Gasteiger partial charge on any atom is 0.252 e. The highest BCUT2D eigenvalue weighted by Gasteiger charge is 2.30. The lowest BCUT2D eigenvalue weighted by Crippen LogP contribution is -2.43. The van der Waals surface area contributed by atoms with E-state index < -0.39 is 0 Å². The van der Waals surface area contributed by atoms with E-state index in [0.29, 0.717) is 12.1 Å². The zero-order valence-electron chi connectivity index (χ0n) is 15.7. The first-order chi connectivity index (χ1) is 11.9. The highest BCUT2D eigenvalue weighted by atomic mass is 16.2. The van der Waals surface area contributed by atoms with Crippen LogP contribution in [0, 0.1) is 0 Å². The summed E-state index contributed by atoms with van der Waals surface area (Å²) in [4.78, 5) is 34.3. The molecule has 1 fully saturated rings. The van der Waals surface area contributed by atoms with Crippen LogP contribution in [0.2, 0.25) is 0 Å². The summed E-state index contributed by atoms with van der Waals surface area (Å²) in [6.07, 6.45) is 4.40. The Balaban J connectivity index is 1.75. The minimum absolute atomic E-state index is 0.00604. The molecule has 7 heteroatoms. The van der Waals surface area contributed by atoms with Gasteiger partial charge in [-0.05, 0) is 37.9 Å². The van der Waals surface area contributed by atoms with E-state index in [1.54, 1.807) is 31.3 Å². The molecule has 1 aliphatic rings. The van der Waals surface area contributed by atoms with Crippen molar-refractivity contribution in [1.29, 1.82) is 0 Å². The zero-order chi connectivity index (χ0) is 18.4. The highest BCUT2D eigenvalue weighted by molar-refractivity contribution is 5.94. The Morgan fingerprint density at radius 1 is 1.28 bits per heavy atom. The molecule has 1 N–H and O–H groups in total. The van der Waals surface area contributed by atoms with Crippen LogP contribution in [0.5, 0.6) is 0 Å². The molecule has 7 nitrogen and oxygen atoms in total. The van der Waals surface area contributed by atoms with Crippen LogP contribution in [0.1, 0.15) is 29.6 Å². The van der Waals surface area contributed by atoms with Gasteiger partial charge in [-0.1, -0.05) is 0 Å². The predicted octanol–water partition coefficient (Wildman–Crippen LogP) is 0.820. The third-order valence-corrected chi connectivity index (χ3v) is 4.47. The Bertz CT molecular complexity index is 586. The Labute approximate surface area is 150 Å². The fourth-order valence-corrected chi connectivity index (χ4v) is 3.04. The summed E-state index contributed by atoms with van der Waals surface area (Å²) in [5.41, 5.74) is 0.562. The van der Waals surface area contributed by atoms with E-state index in [4.69, 9.17) is 0 Å².